The molecule has 30 heavy (non-hydrogen) atoms. The van der Waals surface area contributed by atoms with Crippen LogP contribution in [0, 0.1) is 13.8 Å². The van der Waals surface area contributed by atoms with Crippen LogP contribution in [0.1, 0.15) is 30.5 Å². The molecule has 2 aliphatic rings. The summed E-state index contributed by atoms with van der Waals surface area (Å²) in [6, 6.07) is 17.6. The summed E-state index contributed by atoms with van der Waals surface area (Å²) in [5.41, 5.74) is 5.51. The number of benzene rings is 2. The fourth-order valence-electron chi connectivity index (χ4n) is 3.82. The third-order valence-corrected chi connectivity index (χ3v) is 5.57. The van der Waals surface area contributed by atoms with Gasteiger partial charge in [0.2, 0.25) is 0 Å². The maximum atomic E-state index is 3.36. The number of likely N-dealkylation sites (N-methyl/N-ethyl adjacent to an activating group) is 1. The summed E-state index contributed by atoms with van der Waals surface area (Å²) in [4.78, 5) is 7.37. The fraction of sp³-hybridized carbons (Fsp3) is 0.538. The van der Waals surface area contributed by atoms with Crippen LogP contribution in [0.5, 0.6) is 0 Å². The smallest absolute Gasteiger partial charge is 0.0369 e. The van der Waals surface area contributed by atoms with Crippen molar-refractivity contribution in [1.29, 1.82) is 0 Å². The number of hydrogen-bond acceptors (Lipinski definition) is 4. The van der Waals surface area contributed by atoms with Crippen molar-refractivity contribution in [2.45, 2.75) is 34.2 Å². The Bertz CT molecular complexity index is 716. The van der Waals surface area contributed by atoms with E-state index < -0.39 is 0 Å². The Morgan fingerprint density at radius 1 is 0.767 bits per heavy atom. The Morgan fingerprint density at radius 2 is 1.37 bits per heavy atom. The highest BCUT2D eigenvalue weighted by Gasteiger charge is 2.13. The van der Waals surface area contributed by atoms with E-state index >= 15 is 0 Å². The molecular formula is C26H42N4. The summed E-state index contributed by atoms with van der Waals surface area (Å²) in [7, 11) is 2.20. The summed E-state index contributed by atoms with van der Waals surface area (Å²) in [6.07, 6.45) is 0. The topological polar surface area (TPSA) is 21.8 Å². The molecule has 0 aliphatic carbocycles. The third-order valence-electron chi connectivity index (χ3n) is 5.57. The van der Waals surface area contributed by atoms with Gasteiger partial charge in [0.25, 0.3) is 0 Å². The van der Waals surface area contributed by atoms with Crippen molar-refractivity contribution in [3.8, 4) is 0 Å². The van der Waals surface area contributed by atoms with Crippen molar-refractivity contribution < 1.29 is 0 Å². The molecule has 0 bridgehead atoms. The van der Waals surface area contributed by atoms with Crippen molar-refractivity contribution in [2.24, 2.45) is 0 Å². The van der Waals surface area contributed by atoms with Gasteiger partial charge in [0.05, 0.1) is 0 Å². The van der Waals surface area contributed by atoms with Crippen molar-refractivity contribution in [3.63, 3.8) is 0 Å². The van der Waals surface area contributed by atoms with Crippen LogP contribution in [0.25, 0.3) is 0 Å². The van der Waals surface area contributed by atoms with Crippen LogP contribution in [-0.2, 0) is 6.54 Å². The first-order valence-corrected chi connectivity index (χ1v) is 11.6. The zero-order chi connectivity index (χ0) is 21.8. The number of rotatable bonds is 3. The summed E-state index contributed by atoms with van der Waals surface area (Å²) in [6.45, 7) is 18.7. The highest BCUT2D eigenvalue weighted by Crippen LogP contribution is 2.15. The molecule has 0 spiro atoms. The predicted octanol–water partition coefficient (Wildman–Crippen LogP) is 4.17. The molecule has 0 amide bonds. The lowest BCUT2D eigenvalue weighted by molar-refractivity contribution is 0.148. The van der Waals surface area contributed by atoms with Gasteiger partial charge in [0.1, 0.15) is 0 Å². The standard InChI is InChI=1S/C13H20N2.C11H16N2.C2H6/c1-12-4-3-5-13(10-12)11-15-8-6-14(2)7-9-15;1-10-3-2-4-11(9-10)13-7-5-12-6-8-13;1-2/h3-5,10H,6-9,11H2,1-2H3;2-4,9,12H,5-8H2,1H3;1-2H3. The van der Waals surface area contributed by atoms with E-state index in [1.54, 1.807) is 0 Å². The predicted molar refractivity (Wildman–Crippen MR) is 132 cm³/mol. The van der Waals surface area contributed by atoms with Gasteiger partial charge >= 0.3 is 0 Å². The number of hydrogen-bond donors (Lipinski definition) is 1. The molecule has 0 unspecified atom stereocenters. The first-order chi connectivity index (χ1) is 14.6. The molecule has 0 saturated carbocycles. The van der Waals surface area contributed by atoms with E-state index in [2.05, 4.69) is 89.4 Å². The molecule has 4 nitrogen and oxygen atoms in total. The second-order valence-corrected chi connectivity index (χ2v) is 8.14. The molecule has 2 heterocycles. The fourth-order valence-corrected chi connectivity index (χ4v) is 3.82. The maximum absolute atomic E-state index is 3.36. The van der Waals surface area contributed by atoms with Crippen LogP contribution in [-0.4, -0.2) is 69.2 Å². The SMILES string of the molecule is CC.Cc1cccc(CN2CCN(C)CC2)c1.Cc1cccc(N2CCNCC2)c1. The Labute approximate surface area is 184 Å². The van der Waals surface area contributed by atoms with Crippen LogP contribution in [0.4, 0.5) is 5.69 Å². The molecule has 2 aromatic carbocycles. The van der Waals surface area contributed by atoms with Crippen LogP contribution < -0.4 is 10.2 Å². The first kappa shape index (κ1) is 24.4. The molecule has 2 saturated heterocycles. The van der Waals surface area contributed by atoms with Gasteiger partial charge in [0, 0.05) is 64.6 Å². The Kier molecular flexibility index (Phi) is 10.9. The van der Waals surface area contributed by atoms with Crippen molar-refractivity contribution in [1.82, 2.24) is 15.1 Å². The van der Waals surface area contributed by atoms with E-state index in [9.17, 15) is 0 Å². The second-order valence-electron chi connectivity index (χ2n) is 8.14. The van der Waals surface area contributed by atoms with E-state index in [1.807, 2.05) is 13.8 Å². The number of anilines is 1. The lowest BCUT2D eigenvalue weighted by atomic mass is 10.1. The summed E-state index contributed by atoms with van der Waals surface area (Å²) < 4.78 is 0. The number of nitrogens with one attached hydrogen (secondary N) is 1. The lowest BCUT2D eigenvalue weighted by Crippen LogP contribution is -2.43. The number of aryl methyl sites for hydroxylation is 2. The van der Waals surface area contributed by atoms with Gasteiger partial charge in [-0.1, -0.05) is 55.8 Å². The zero-order valence-electron chi connectivity index (χ0n) is 19.8. The second kappa shape index (κ2) is 13.4. The Hall–Kier alpha value is -1.88. The molecular weight excluding hydrogens is 368 g/mol. The minimum absolute atomic E-state index is 1.11. The minimum atomic E-state index is 1.11. The van der Waals surface area contributed by atoms with E-state index in [-0.39, 0.29) is 0 Å². The monoisotopic (exact) mass is 410 g/mol. The Balaban J connectivity index is 0.000000199. The molecule has 2 fully saturated rings. The molecule has 2 aromatic rings. The van der Waals surface area contributed by atoms with Gasteiger partial charge in [0.15, 0.2) is 0 Å². The van der Waals surface area contributed by atoms with E-state index in [0.717, 1.165) is 32.7 Å². The highest BCUT2D eigenvalue weighted by molar-refractivity contribution is 5.48. The summed E-state index contributed by atoms with van der Waals surface area (Å²) in [5.74, 6) is 0. The maximum Gasteiger partial charge on any atom is 0.0369 e. The quantitative estimate of drug-likeness (QED) is 0.820. The largest absolute Gasteiger partial charge is 0.369 e. The lowest BCUT2D eigenvalue weighted by Gasteiger charge is -2.32. The number of piperazine rings is 2. The molecule has 1 N–H and O–H groups in total. The average molecular weight is 411 g/mol. The molecule has 0 radical (unpaired) electrons. The van der Waals surface area contributed by atoms with Crippen LogP contribution >= 0.6 is 0 Å². The van der Waals surface area contributed by atoms with Gasteiger partial charge in [-0.15, -0.1) is 0 Å². The van der Waals surface area contributed by atoms with Crippen LogP contribution in [0.3, 0.4) is 0 Å². The van der Waals surface area contributed by atoms with E-state index in [1.165, 1.54) is 48.6 Å². The van der Waals surface area contributed by atoms with Gasteiger partial charge in [-0.2, -0.15) is 0 Å². The molecule has 2 aliphatic heterocycles. The van der Waals surface area contributed by atoms with Crippen molar-refractivity contribution in [3.05, 3.63) is 65.2 Å². The summed E-state index contributed by atoms with van der Waals surface area (Å²) in [5, 5.41) is 3.36. The van der Waals surface area contributed by atoms with Crippen LogP contribution in [0.15, 0.2) is 48.5 Å². The number of nitrogens with zero attached hydrogens (tertiary/aromatic N) is 3. The van der Waals surface area contributed by atoms with Crippen molar-refractivity contribution >= 4 is 5.69 Å². The Morgan fingerprint density at radius 3 is 1.97 bits per heavy atom. The molecule has 4 heteroatoms. The van der Waals surface area contributed by atoms with Gasteiger partial charge in [-0.25, -0.2) is 0 Å². The average Bonchev–Trinajstić information content (AvgIpc) is 2.78. The normalized spacial score (nSPS) is 17.4. The minimum Gasteiger partial charge on any atom is -0.369 e. The molecule has 166 valence electrons. The van der Waals surface area contributed by atoms with Gasteiger partial charge in [-0.3, -0.25) is 4.90 Å². The van der Waals surface area contributed by atoms with Crippen LogP contribution in [0.2, 0.25) is 0 Å². The van der Waals surface area contributed by atoms with E-state index in [4.69, 9.17) is 0 Å². The zero-order valence-corrected chi connectivity index (χ0v) is 19.8. The van der Waals surface area contributed by atoms with Gasteiger partial charge < -0.3 is 15.1 Å². The third kappa shape index (κ3) is 8.47. The molecule has 4 rings (SSSR count). The first-order valence-electron chi connectivity index (χ1n) is 11.6. The molecule has 0 atom stereocenters. The van der Waals surface area contributed by atoms with E-state index in [0.29, 0.717) is 0 Å². The highest BCUT2D eigenvalue weighted by atomic mass is 15.2. The summed E-state index contributed by atoms with van der Waals surface area (Å²) >= 11 is 0. The molecule has 0 aromatic heterocycles. The van der Waals surface area contributed by atoms with Gasteiger partial charge in [-0.05, 0) is 44.2 Å². The van der Waals surface area contributed by atoms with Crippen molar-refractivity contribution in [2.75, 3.05) is 64.3 Å².